The van der Waals surface area contributed by atoms with Crippen molar-refractivity contribution in [2.24, 2.45) is 7.05 Å². The molecule has 2 rings (SSSR count). The smallest absolute Gasteiger partial charge is 0.171 e. The van der Waals surface area contributed by atoms with Gasteiger partial charge in [-0.25, -0.2) is 4.98 Å². The highest BCUT2D eigenvalue weighted by Crippen LogP contribution is 2.21. The summed E-state index contributed by atoms with van der Waals surface area (Å²) in [6, 6.07) is 5.21. The van der Waals surface area contributed by atoms with Crippen LogP contribution in [0, 0.1) is 0 Å². The Morgan fingerprint density at radius 2 is 2.29 bits per heavy atom. The Bertz CT molecular complexity index is 563. The number of carbonyl (C=O) groups is 1. The number of carbonyl (C=O) groups excluding carboxylic acids is 1. The third kappa shape index (κ3) is 2.55. The first kappa shape index (κ1) is 11.9. The van der Waals surface area contributed by atoms with E-state index in [4.69, 9.17) is 5.73 Å². The largest absolute Gasteiger partial charge is 0.399 e. The maximum absolute atomic E-state index is 12.1. The first-order chi connectivity index (χ1) is 8.08. The summed E-state index contributed by atoms with van der Waals surface area (Å²) in [4.78, 5) is 16.2. The molecule has 5 heteroatoms. The van der Waals surface area contributed by atoms with E-state index in [1.54, 1.807) is 24.4 Å². The van der Waals surface area contributed by atoms with E-state index in [9.17, 15) is 4.79 Å². The van der Waals surface area contributed by atoms with Crippen molar-refractivity contribution in [3.8, 4) is 0 Å². The lowest BCUT2D eigenvalue weighted by molar-refractivity contribution is 0.0989. The SMILES string of the molecule is Cn1ccnc1CC(=O)c1cc(N)ccc1Br. The number of rotatable bonds is 3. The Hall–Kier alpha value is -1.62. The molecule has 0 saturated carbocycles. The standard InChI is InChI=1S/C12H12BrN3O/c1-16-5-4-15-12(16)7-11(17)9-6-8(14)2-3-10(9)13/h2-6H,7,14H2,1H3. The average Bonchev–Trinajstić information content (AvgIpc) is 2.68. The molecule has 0 radical (unpaired) electrons. The van der Waals surface area contributed by atoms with Crippen molar-refractivity contribution in [2.75, 3.05) is 5.73 Å². The molecule has 2 aromatic rings. The topological polar surface area (TPSA) is 60.9 Å². The van der Waals surface area contributed by atoms with Crippen molar-refractivity contribution in [3.63, 3.8) is 0 Å². The van der Waals surface area contributed by atoms with Gasteiger partial charge in [0.1, 0.15) is 5.82 Å². The van der Waals surface area contributed by atoms with Crippen molar-refractivity contribution in [1.82, 2.24) is 9.55 Å². The molecular weight excluding hydrogens is 282 g/mol. The van der Waals surface area contributed by atoms with Gasteiger partial charge in [0, 0.05) is 35.2 Å². The van der Waals surface area contributed by atoms with E-state index < -0.39 is 0 Å². The Labute approximate surface area is 108 Å². The number of hydrogen-bond donors (Lipinski definition) is 1. The van der Waals surface area contributed by atoms with Gasteiger partial charge in [0.25, 0.3) is 0 Å². The molecule has 0 bridgehead atoms. The van der Waals surface area contributed by atoms with Crippen LogP contribution in [-0.2, 0) is 13.5 Å². The average molecular weight is 294 g/mol. The predicted molar refractivity (Wildman–Crippen MR) is 69.8 cm³/mol. The zero-order valence-corrected chi connectivity index (χ0v) is 10.9. The van der Waals surface area contributed by atoms with Crippen molar-refractivity contribution in [1.29, 1.82) is 0 Å². The summed E-state index contributed by atoms with van der Waals surface area (Å²) in [5, 5.41) is 0. The van der Waals surface area contributed by atoms with E-state index in [-0.39, 0.29) is 12.2 Å². The van der Waals surface area contributed by atoms with E-state index in [0.717, 1.165) is 10.3 Å². The zero-order valence-electron chi connectivity index (χ0n) is 9.35. The number of nitrogens with two attached hydrogens (primary N) is 1. The Kier molecular flexibility index (Phi) is 3.28. The van der Waals surface area contributed by atoms with Crippen LogP contribution >= 0.6 is 15.9 Å². The molecular formula is C12H12BrN3O. The number of anilines is 1. The molecule has 2 N–H and O–H groups in total. The molecule has 0 spiro atoms. The number of nitrogen functional groups attached to an aromatic ring is 1. The van der Waals surface area contributed by atoms with Crippen LogP contribution in [0.25, 0.3) is 0 Å². The maximum atomic E-state index is 12.1. The molecule has 0 amide bonds. The molecule has 0 unspecified atom stereocenters. The second-order valence-electron chi connectivity index (χ2n) is 3.79. The number of nitrogens with zero attached hydrogens (tertiary/aromatic N) is 2. The van der Waals surface area contributed by atoms with Gasteiger partial charge in [-0.15, -0.1) is 0 Å². The second kappa shape index (κ2) is 4.71. The minimum atomic E-state index is -0.00141. The van der Waals surface area contributed by atoms with E-state index >= 15 is 0 Å². The predicted octanol–water partition coefficient (Wildman–Crippen LogP) is 2.19. The van der Waals surface area contributed by atoms with Crippen LogP contribution in [0.4, 0.5) is 5.69 Å². The van der Waals surface area contributed by atoms with E-state index in [0.29, 0.717) is 11.3 Å². The fourth-order valence-corrected chi connectivity index (χ4v) is 2.03. The molecule has 88 valence electrons. The normalized spacial score (nSPS) is 10.5. The first-order valence-corrected chi connectivity index (χ1v) is 5.91. The van der Waals surface area contributed by atoms with Gasteiger partial charge in [0.05, 0.1) is 6.42 Å². The Balaban J connectivity index is 2.26. The number of halogens is 1. The van der Waals surface area contributed by atoms with E-state index in [2.05, 4.69) is 20.9 Å². The van der Waals surface area contributed by atoms with Gasteiger partial charge in [0.2, 0.25) is 0 Å². The van der Waals surface area contributed by atoms with Gasteiger partial charge in [-0.05, 0) is 18.2 Å². The number of aryl methyl sites for hydroxylation is 1. The molecule has 0 fully saturated rings. The lowest BCUT2D eigenvalue weighted by Gasteiger charge is -2.05. The molecule has 1 heterocycles. The number of aromatic nitrogens is 2. The van der Waals surface area contributed by atoms with Crippen LogP contribution in [-0.4, -0.2) is 15.3 Å². The molecule has 0 aliphatic heterocycles. The van der Waals surface area contributed by atoms with Crippen LogP contribution in [0.5, 0.6) is 0 Å². The highest BCUT2D eigenvalue weighted by atomic mass is 79.9. The van der Waals surface area contributed by atoms with Gasteiger partial charge in [-0.3, -0.25) is 4.79 Å². The second-order valence-corrected chi connectivity index (χ2v) is 4.65. The van der Waals surface area contributed by atoms with Crippen molar-refractivity contribution in [2.45, 2.75) is 6.42 Å². The molecule has 4 nitrogen and oxygen atoms in total. The fraction of sp³-hybridized carbons (Fsp3) is 0.167. The molecule has 0 aliphatic carbocycles. The summed E-state index contributed by atoms with van der Waals surface area (Å²) >= 11 is 3.35. The highest BCUT2D eigenvalue weighted by Gasteiger charge is 2.13. The van der Waals surface area contributed by atoms with Crippen LogP contribution < -0.4 is 5.73 Å². The summed E-state index contributed by atoms with van der Waals surface area (Å²) in [6.07, 6.45) is 3.76. The number of imidazole rings is 1. The third-order valence-corrected chi connectivity index (χ3v) is 3.22. The number of Topliss-reactive ketones (excluding diaryl/α,β-unsaturated/α-hetero) is 1. The minimum Gasteiger partial charge on any atom is -0.399 e. The van der Waals surface area contributed by atoms with Crippen LogP contribution in [0.15, 0.2) is 35.1 Å². The molecule has 0 aliphatic rings. The quantitative estimate of drug-likeness (QED) is 0.697. The molecule has 1 aromatic carbocycles. The minimum absolute atomic E-state index is 0.00141. The number of benzene rings is 1. The summed E-state index contributed by atoms with van der Waals surface area (Å²) < 4.78 is 2.59. The lowest BCUT2D eigenvalue weighted by atomic mass is 10.1. The summed E-state index contributed by atoms with van der Waals surface area (Å²) in [6.45, 7) is 0. The number of ketones is 1. The fourth-order valence-electron chi connectivity index (χ4n) is 1.56. The van der Waals surface area contributed by atoms with Crippen LogP contribution in [0.1, 0.15) is 16.2 Å². The van der Waals surface area contributed by atoms with Crippen molar-refractivity contribution >= 4 is 27.4 Å². The summed E-state index contributed by atoms with van der Waals surface area (Å²) in [5.74, 6) is 0.739. The molecule has 17 heavy (non-hydrogen) atoms. The summed E-state index contributed by atoms with van der Waals surface area (Å²) in [5.41, 5.74) is 6.85. The van der Waals surface area contributed by atoms with Crippen LogP contribution in [0.3, 0.4) is 0 Å². The van der Waals surface area contributed by atoms with E-state index in [1.165, 1.54) is 0 Å². The third-order valence-electron chi connectivity index (χ3n) is 2.53. The maximum Gasteiger partial charge on any atom is 0.171 e. The Morgan fingerprint density at radius 3 is 2.94 bits per heavy atom. The van der Waals surface area contributed by atoms with Crippen molar-refractivity contribution in [3.05, 3.63) is 46.5 Å². The van der Waals surface area contributed by atoms with Gasteiger partial charge in [0.15, 0.2) is 5.78 Å². The monoisotopic (exact) mass is 293 g/mol. The molecule has 0 atom stereocenters. The summed E-state index contributed by atoms with van der Waals surface area (Å²) in [7, 11) is 1.87. The lowest BCUT2D eigenvalue weighted by Crippen LogP contribution is -2.09. The van der Waals surface area contributed by atoms with Gasteiger partial charge in [-0.2, -0.15) is 0 Å². The van der Waals surface area contributed by atoms with Gasteiger partial charge < -0.3 is 10.3 Å². The van der Waals surface area contributed by atoms with Gasteiger partial charge in [-0.1, -0.05) is 15.9 Å². The molecule has 0 saturated heterocycles. The van der Waals surface area contributed by atoms with Crippen LogP contribution in [0.2, 0.25) is 0 Å². The Morgan fingerprint density at radius 1 is 1.53 bits per heavy atom. The molecule has 1 aromatic heterocycles. The van der Waals surface area contributed by atoms with Gasteiger partial charge >= 0.3 is 0 Å². The number of hydrogen-bond acceptors (Lipinski definition) is 3. The first-order valence-electron chi connectivity index (χ1n) is 5.12. The van der Waals surface area contributed by atoms with Crippen molar-refractivity contribution < 1.29 is 4.79 Å². The van der Waals surface area contributed by atoms with E-state index in [1.807, 2.05) is 17.8 Å². The highest BCUT2D eigenvalue weighted by molar-refractivity contribution is 9.10. The zero-order chi connectivity index (χ0) is 12.4.